The molecule has 29 heavy (non-hydrogen) atoms. The van der Waals surface area contributed by atoms with Gasteiger partial charge in [-0.3, -0.25) is 9.78 Å². The van der Waals surface area contributed by atoms with Gasteiger partial charge < -0.3 is 19.5 Å². The molecule has 4 aromatic rings. The molecule has 1 amide bonds. The molecule has 0 spiro atoms. The number of hydrogen-bond acceptors (Lipinski definition) is 8. The minimum Gasteiger partial charge on any atom is -0.378 e. The van der Waals surface area contributed by atoms with Crippen LogP contribution in [0.1, 0.15) is 10.5 Å². The molecule has 8 nitrogen and oxygen atoms in total. The van der Waals surface area contributed by atoms with E-state index in [1.165, 1.54) is 0 Å². The summed E-state index contributed by atoms with van der Waals surface area (Å²) >= 11 is 1.61. The zero-order valence-electron chi connectivity index (χ0n) is 15.4. The summed E-state index contributed by atoms with van der Waals surface area (Å²) in [7, 11) is 0. The second-order valence-electron chi connectivity index (χ2n) is 6.54. The van der Waals surface area contributed by atoms with Crippen molar-refractivity contribution in [2.24, 2.45) is 0 Å². The largest absolute Gasteiger partial charge is 0.378 e. The summed E-state index contributed by atoms with van der Waals surface area (Å²) in [5, 5.41) is 7.73. The second-order valence-corrected chi connectivity index (χ2v) is 7.55. The van der Waals surface area contributed by atoms with Crippen molar-refractivity contribution in [2.45, 2.75) is 0 Å². The molecule has 9 heteroatoms. The number of amides is 1. The van der Waals surface area contributed by atoms with Crippen molar-refractivity contribution in [2.75, 3.05) is 36.5 Å². The highest BCUT2D eigenvalue weighted by molar-refractivity contribution is 7.22. The van der Waals surface area contributed by atoms with Gasteiger partial charge >= 0.3 is 0 Å². The first-order valence-electron chi connectivity index (χ1n) is 9.18. The molecule has 1 aliphatic rings. The number of nitrogens with one attached hydrogen (secondary N) is 1. The Labute approximate surface area is 170 Å². The quantitative estimate of drug-likeness (QED) is 0.554. The lowest BCUT2D eigenvalue weighted by atomic mass is 10.2. The molecular formula is C20H17N5O3S. The van der Waals surface area contributed by atoms with Gasteiger partial charge in [0, 0.05) is 42.8 Å². The Morgan fingerprint density at radius 1 is 1.10 bits per heavy atom. The van der Waals surface area contributed by atoms with Crippen molar-refractivity contribution in [3.63, 3.8) is 0 Å². The van der Waals surface area contributed by atoms with Crippen LogP contribution >= 0.6 is 11.3 Å². The summed E-state index contributed by atoms with van der Waals surface area (Å²) in [6.45, 7) is 3.12. The van der Waals surface area contributed by atoms with Crippen LogP contribution in [0.5, 0.6) is 0 Å². The standard InChI is InChI=1S/C20H17N5O3S/c26-19(16-12-17(28-24-16)13-3-5-21-6-4-13)22-14-1-2-15-18(11-14)29-20(23-15)25-7-9-27-10-8-25/h1-6,11-12H,7-10H2,(H,22,26). The first kappa shape index (κ1) is 17.8. The van der Waals surface area contributed by atoms with Crippen LogP contribution in [0.25, 0.3) is 21.5 Å². The van der Waals surface area contributed by atoms with Crippen molar-refractivity contribution < 1.29 is 14.1 Å². The summed E-state index contributed by atoms with van der Waals surface area (Å²) in [4.78, 5) is 23.5. The SMILES string of the molecule is O=C(Nc1ccc2nc(N3CCOCC3)sc2c1)c1cc(-c2ccncc2)on1. The molecule has 0 aliphatic carbocycles. The molecule has 0 bridgehead atoms. The summed E-state index contributed by atoms with van der Waals surface area (Å²) in [5.41, 5.74) is 2.63. The Kier molecular flexibility index (Phi) is 4.66. The third-order valence-corrected chi connectivity index (χ3v) is 5.70. The Hall–Kier alpha value is -3.30. The molecule has 1 aromatic carbocycles. The number of morpholine rings is 1. The summed E-state index contributed by atoms with van der Waals surface area (Å²) in [6.07, 6.45) is 3.32. The Morgan fingerprint density at radius 2 is 1.93 bits per heavy atom. The molecule has 0 saturated carbocycles. The van der Waals surface area contributed by atoms with Gasteiger partial charge in [-0.15, -0.1) is 0 Å². The zero-order valence-corrected chi connectivity index (χ0v) is 16.2. The Morgan fingerprint density at radius 3 is 2.76 bits per heavy atom. The fourth-order valence-electron chi connectivity index (χ4n) is 3.11. The van der Waals surface area contributed by atoms with Gasteiger partial charge in [-0.1, -0.05) is 16.5 Å². The van der Waals surface area contributed by atoms with Crippen LogP contribution in [0.3, 0.4) is 0 Å². The molecule has 146 valence electrons. The molecule has 1 saturated heterocycles. The smallest absolute Gasteiger partial charge is 0.277 e. The van der Waals surface area contributed by atoms with Crippen LogP contribution in [-0.2, 0) is 4.74 Å². The second kappa shape index (κ2) is 7.61. The van der Waals surface area contributed by atoms with Gasteiger partial charge in [0.15, 0.2) is 16.6 Å². The van der Waals surface area contributed by atoms with Gasteiger partial charge in [-0.05, 0) is 30.3 Å². The average Bonchev–Trinajstić information content (AvgIpc) is 3.42. The zero-order chi connectivity index (χ0) is 19.6. The lowest BCUT2D eigenvalue weighted by molar-refractivity contribution is 0.101. The van der Waals surface area contributed by atoms with Crippen LogP contribution in [0.4, 0.5) is 10.8 Å². The number of ether oxygens (including phenoxy) is 1. The van der Waals surface area contributed by atoms with E-state index >= 15 is 0 Å². The Balaban J connectivity index is 1.33. The highest BCUT2D eigenvalue weighted by atomic mass is 32.1. The van der Waals surface area contributed by atoms with Crippen molar-refractivity contribution in [1.29, 1.82) is 0 Å². The number of fused-ring (bicyclic) bond motifs is 1. The molecule has 1 aliphatic heterocycles. The third-order valence-electron chi connectivity index (χ3n) is 4.62. The number of thiazole rings is 1. The number of hydrogen-bond donors (Lipinski definition) is 1. The van der Waals surface area contributed by atoms with Gasteiger partial charge in [0.25, 0.3) is 5.91 Å². The van der Waals surface area contributed by atoms with Gasteiger partial charge in [0.05, 0.1) is 23.4 Å². The summed E-state index contributed by atoms with van der Waals surface area (Å²) < 4.78 is 11.7. The molecule has 5 rings (SSSR count). The predicted octanol–water partition coefficient (Wildman–Crippen LogP) is 3.44. The summed E-state index contributed by atoms with van der Waals surface area (Å²) in [6, 6.07) is 10.9. The highest BCUT2D eigenvalue weighted by Gasteiger charge is 2.17. The maximum Gasteiger partial charge on any atom is 0.277 e. The van der Waals surface area contributed by atoms with E-state index in [-0.39, 0.29) is 11.6 Å². The van der Waals surface area contributed by atoms with Crippen LogP contribution in [-0.4, -0.2) is 47.3 Å². The third kappa shape index (κ3) is 3.69. The van der Waals surface area contributed by atoms with E-state index in [1.54, 1.807) is 41.9 Å². The first-order chi connectivity index (χ1) is 14.3. The summed E-state index contributed by atoms with van der Waals surface area (Å²) in [5.74, 6) is 0.192. The maximum absolute atomic E-state index is 12.6. The first-order valence-corrected chi connectivity index (χ1v) is 10.00. The Bertz CT molecular complexity index is 1150. The van der Waals surface area contributed by atoms with Crippen molar-refractivity contribution in [3.05, 3.63) is 54.5 Å². The molecule has 0 unspecified atom stereocenters. The van der Waals surface area contributed by atoms with E-state index in [1.807, 2.05) is 18.2 Å². The van der Waals surface area contributed by atoms with Gasteiger partial charge in [0.2, 0.25) is 0 Å². The molecule has 0 radical (unpaired) electrons. The number of benzene rings is 1. The minimum atomic E-state index is -0.327. The number of carbonyl (C=O) groups excluding carboxylic acids is 1. The van der Waals surface area contributed by atoms with E-state index in [4.69, 9.17) is 14.2 Å². The normalized spacial score (nSPS) is 14.3. The lowest BCUT2D eigenvalue weighted by Crippen LogP contribution is -2.36. The van der Waals surface area contributed by atoms with Gasteiger partial charge in [-0.25, -0.2) is 4.98 Å². The molecule has 1 fully saturated rings. The molecular weight excluding hydrogens is 390 g/mol. The lowest BCUT2D eigenvalue weighted by Gasteiger charge is -2.25. The van der Waals surface area contributed by atoms with E-state index in [0.717, 1.165) is 47.2 Å². The highest BCUT2D eigenvalue weighted by Crippen LogP contribution is 2.31. The fraction of sp³-hybridized carbons (Fsp3) is 0.200. The fourth-order valence-corrected chi connectivity index (χ4v) is 4.17. The van der Waals surface area contributed by atoms with Crippen LogP contribution < -0.4 is 10.2 Å². The number of aromatic nitrogens is 3. The van der Waals surface area contributed by atoms with Crippen LogP contribution in [0.15, 0.2) is 53.3 Å². The molecule has 1 N–H and O–H groups in total. The van der Waals surface area contributed by atoms with E-state index < -0.39 is 0 Å². The van der Waals surface area contributed by atoms with Crippen molar-refractivity contribution in [3.8, 4) is 11.3 Å². The van der Waals surface area contributed by atoms with Crippen LogP contribution in [0.2, 0.25) is 0 Å². The molecule has 4 heterocycles. The van der Waals surface area contributed by atoms with Crippen molar-refractivity contribution in [1.82, 2.24) is 15.1 Å². The van der Waals surface area contributed by atoms with Gasteiger partial charge in [-0.2, -0.15) is 0 Å². The predicted molar refractivity (Wildman–Crippen MR) is 110 cm³/mol. The maximum atomic E-state index is 12.6. The number of pyridine rings is 1. The van der Waals surface area contributed by atoms with E-state index in [0.29, 0.717) is 11.4 Å². The van der Waals surface area contributed by atoms with Gasteiger partial charge in [0.1, 0.15) is 0 Å². The molecule has 3 aromatic heterocycles. The minimum absolute atomic E-state index is 0.218. The van der Waals surface area contributed by atoms with Crippen LogP contribution in [0, 0.1) is 0 Å². The monoisotopic (exact) mass is 407 g/mol. The van der Waals surface area contributed by atoms with E-state index in [2.05, 4.69) is 20.4 Å². The number of nitrogens with zero attached hydrogens (tertiary/aromatic N) is 4. The van der Waals surface area contributed by atoms with Crippen molar-refractivity contribution >= 4 is 38.3 Å². The van der Waals surface area contributed by atoms with E-state index in [9.17, 15) is 4.79 Å². The number of anilines is 2. The topological polar surface area (TPSA) is 93.4 Å². The number of rotatable bonds is 4. The number of carbonyl (C=O) groups is 1. The molecule has 0 atom stereocenters. The average molecular weight is 407 g/mol.